The van der Waals surface area contributed by atoms with Crippen LogP contribution < -0.4 is 0 Å². The molecule has 0 aliphatic carbocycles. The van der Waals surface area contributed by atoms with Crippen LogP contribution in [0.5, 0.6) is 0 Å². The summed E-state index contributed by atoms with van der Waals surface area (Å²) in [6.45, 7) is 6.06. The van der Waals surface area contributed by atoms with E-state index in [4.69, 9.17) is 14.2 Å². The Kier molecular flexibility index (Phi) is 45.8. The van der Waals surface area contributed by atoms with Gasteiger partial charge in [0.1, 0.15) is 13.2 Å². The molecule has 0 saturated heterocycles. The second-order valence-electron chi connectivity index (χ2n) is 14.9. The first-order valence-corrected chi connectivity index (χ1v) is 24.0. The maximum Gasteiger partial charge on any atom is 0.310 e. The molecule has 0 aliphatic heterocycles. The lowest BCUT2D eigenvalue weighted by atomic mass is 10.1. The highest BCUT2D eigenvalue weighted by atomic mass is 16.6. The molecule has 0 N–H and O–H groups in total. The lowest BCUT2D eigenvalue weighted by molar-refractivity contribution is -0.166. The number of unbranched alkanes of at least 4 members (excludes halogenated alkanes) is 5. The lowest BCUT2D eigenvalue weighted by Gasteiger charge is -2.17. The second-order valence-corrected chi connectivity index (χ2v) is 14.9. The van der Waals surface area contributed by atoms with E-state index in [9.17, 15) is 14.4 Å². The monoisotopic (exact) mass is 865 g/mol. The molecule has 63 heavy (non-hydrogen) atoms. The Morgan fingerprint density at radius 1 is 0.333 bits per heavy atom. The Labute approximate surface area is 384 Å². The molecule has 0 amide bonds. The van der Waals surface area contributed by atoms with E-state index in [-0.39, 0.29) is 32.0 Å². The van der Waals surface area contributed by atoms with Gasteiger partial charge in [-0.1, -0.05) is 198 Å². The molecule has 0 aromatic rings. The topological polar surface area (TPSA) is 78.9 Å². The molecule has 6 nitrogen and oxygen atoms in total. The Morgan fingerprint density at radius 2 is 0.635 bits per heavy atom. The van der Waals surface area contributed by atoms with Gasteiger partial charge in [-0.2, -0.15) is 0 Å². The van der Waals surface area contributed by atoms with Crippen LogP contribution >= 0.6 is 0 Å². The molecule has 6 heteroatoms. The molecule has 0 aromatic carbocycles. The summed E-state index contributed by atoms with van der Waals surface area (Å²) in [5.74, 6) is -1.26. The first kappa shape index (κ1) is 58.0. The zero-order valence-electron chi connectivity index (χ0n) is 39.5. The standard InChI is InChI=1S/C57H84O6/c1-4-7-10-13-16-19-22-25-28-31-34-37-40-43-46-49-55(58)61-52-54(63-57(60)51-48-45-42-39-36-33-30-27-24-21-18-15-12-9-6-3)53-62-56(59)50-47-44-41-38-35-32-29-26-23-20-17-14-11-8-5-2/h7-12,16-21,25-30,34,36-37,39,43,45-46,48,54H,4-6,13-15,22-24,31-33,35,38,40-42,44,47,49-53H2,1-3H3/b10-7-,11-8-,12-9-,19-16-,20-17-,21-18-,28-25-,29-26-,30-27-,37-34-,39-36-,46-43-,48-45-. The maximum atomic E-state index is 12.7. The molecule has 0 heterocycles. The van der Waals surface area contributed by atoms with E-state index in [0.29, 0.717) is 19.3 Å². The Morgan fingerprint density at radius 3 is 1.03 bits per heavy atom. The maximum absolute atomic E-state index is 12.7. The van der Waals surface area contributed by atoms with Crippen LogP contribution in [0, 0.1) is 0 Å². The number of allylic oxidation sites excluding steroid dienone is 24. The van der Waals surface area contributed by atoms with Crippen molar-refractivity contribution in [2.24, 2.45) is 0 Å². The largest absolute Gasteiger partial charge is 0.462 e. The molecule has 0 bridgehead atoms. The number of carbonyl (C=O) groups is 3. The van der Waals surface area contributed by atoms with Crippen molar-refractivity contribution in [3.05, 3.63) is 158 Å². The molecular formula is C57H84O6. The highest BCUT2D eigenvalue weighted by Gasteiger charge is 2.19. The predicted molar refractivity (Wildman–Crippen MR) is 269 cm³/mol. The highest BCUT2D eigenvalue weighted by Crippen LogP contribution is 2.10. The van der Waals surface area contributed by atoms with Crippen LogP contribution in [0.1, 0.15) is 162 Å². The normalized spacial score (nSPS) is 13.5. The summed E-state index contributed by atoms with van der Waals surface area (Å²) in [6.07, 6.45) is 72.7. The first-order chi connectivity index (χ1) is 31.0. The van der Waals surface area contributed by atoms with Crippen molar-refractivity contribution in [1.29, 1.82) is 0 Å². The number of carbonyl (C=O) groups excluding carboxylic acids is 3. The third-order valence-corrected chi connectivity index (χ3v) is 9.07. The predicted octanol–water partition coefficient (Wildman–Crippen LogP) is 15.9. The molecule has 0 saturated carbocycles. The Balaban J connectivity index is 4.71. The van der Waals surface area contributed by atoms with Crippen LogP contribution in [-0.4, -0.2) is 37.2 Å². The van der Waals surface area contributed by atoms with Gasteiger partial charge in [-0.15, -0.1) is 0 Å². The molecule has 0 radical (unpaired) electrons. The third-order valence-electron chi connectivity index (χ3n) is 9.07. The molecule has 0 aliphatic rings. The summed E-state index contributed by atoms with van der Waals surface area (Å²) in [7, 11) is 0. The van der Waals surface area contributed by atoms with Crippen LogP contribution in [0.15, 0.2) is 158 Å². The lowest BCUT2D eigenvalue weighted by Crippen LogP contribution is -2.30. The molecule has 0 rings (SSSR count). The zero-order valence-corrected chi connectivity index (χ0v) is 39.5. The number of hydrogen-bond acceptors (Lipinski definition) is 6. The van der Waals surface area contributed by atoms with Gasteiger partial charge in [-0.25, -0.2) is 0 Å². The highest BCUT2D eigenvalue weighted by molar-refractivity contribution is 5.72. The fourth-order valence-electron chi connectivity index (χ4n) is 5.60. The van der Waals surface area contributed by atoms with Crippen molar-refractivity contribution < 1.29 is 28.6 Å². The van der Waals surface area contributed by atoms with E-state index in [1.165, 1.54) is 0 Å². The minimum Gasteiger partial charge on any atom is -0.462 e. The molecular weight excluding hydrogens is 781 g/mol. The van der Waals surface area contributed by atoms with Crippen molar-refractivity contribution in [2.45, 2.75) is 168 Å². The van der Waals surface area contributed by atoms with E-state index in [1.54, 1.807) is 12.2 Å². The summed E-state index contributed by atoms with van der Waals surface area (Å²) >= 11 is 0. The van der Waals surface area contributed by atoms with Crippen molar-refractivity contribution in [3.63, 3.8) is 0 Å². The number of hydrogen-bond donors (Lipinski definition) is 0. The molecule has 1 unspecified atom stereocenters. The molecule has 0 aromatic heterocycles. The summed E-state index contributed by atoms with van der Waals surface area (Å²) in [5.41, 5.74) is 0. The summed E-state index contributed by atoms with van der Waals surface area (Å²) in [6, 6.07) is 0. The van der Waals surface area contributed by atoms with Crippen molar-refractivity contribution in [3.8, 4) is 0 Å². The van der Waals surface area contributed by atoms with Crippen LogP contribution in [0.25, 0.3) is 0 Å². The quantitative estimate of drug-likeness (QED) is 0.0264. The van der Waals surface area contributed by atoms with Gasteiger partial charge in [-0.05, 0) is 103 Å². The van der Waals surface area contributed by atoms with Gasteiger partial charge in [0, 0.05) is 6.42 Å². The fourth-order valence-corrected chi connectivity index (χ4v) is 5.60. The fraction of sp³-hybridized carbons (Fsp3) is 0.491. The minimum absolute atomic E-state index is 0.0652. The molecule has 348 valence electrons. The summed E-state index contributed by atoms with van der Waals surface area (Å²) in [5, 5.41) is 0. The van der Waals surface area contributed by atoms with Gasteiger partial charge in [0.2, 0.25) is 0 Å². The van der Waals surface area contributed by atoms with Crippen LogP contribution in [0.3, 0.4) is 0 Å². The average Bonchev–Trinajstić information content (AvgIpc) is 3.28. The average molecular weight is 865 g/mol. The van der Waals surface area contributed by atoms with Gasteiger partial charge < -0.3 is 14.2 Å². The number of ether oxygens (including phenoxy) is 3. The van der Waals surface area contributed by atoms with E-state index < -0.39 is 18.0 Å². The van der Waals surface area contributed by atoms with Crippen molar-refractivity contribution in [1.82, 2.24) is 0 Å². The number of esters is 3. The minimum atomic E-state index is -0.886. The zero-order chi connectivity index (χ0) is 45.8. The van der Waals surface area contributed by atoms with E-state index in [1.807, 2.05) is 12.2 Å². The molecule has 0 spiro atoms. The second kappa shape index (κ2) is 49.7. The van der Waals surface area contributed by atoms with E-state index in [2.05, 4.69) is 154 Å². The van der Waals surface area contributed by atoms with Gasteiger partial charge >= 0.3 is 17.9 Å². The van der Waals surface area contributed by atoms with Crippen LogP contribution in [0.2, 0.25) is 0 Å². The Bertz CT molecular complexity index is 1510. The van der Waals surface area contributed by atoms with Crippen LogP contribution in [-0.2, 0) is 28.6 Å². The molecule has 0 fully saturated rings. The first-order valence-electron chi connectivity index (χ1n) is 24.0. The van der Waals surface area contributed by atoms with Crippen molar-refractivity contribution >= 4 is 17.9 Å². The van der Waals surface area contributed by atoms with Gasteiger partial charge in [0.15, 0.2) is 6.10 Å². The van der Waals surface area contributed by atoms with E-state index >= 15 is 0 Å². The van der Waals surface area contributed by atoms with Crippen LogP contribution in [0.4, 0.5) is 0 Å². The van der Waals surface area contributed by atoms with Gasteiger partial charge in [-0.3, -0.25) is 14.4 Å². The molecule has 1 atom stereocenters. The summed E-state index contributed by atoms with van der Waals surface area (Å²) < 4.78 is 16.5. The summed E-state index contributed by atoms with van der Waals surface area (Å²) in [4.78, 5) is 37.8. The van der Waals surface area contributed by atoms with Gasteiger partial charge in [0.25, 0.3) is 0 Å². The number of rotatable bonds is 40. The SMILES string of the molecule is CC/C=C\C/C=C\C/C=C\C/C=C\C/C=C\CC(=O)OCC(COC(=O)CCCCCCC/C=C\C/C=C\C/C=C\CC)OC(=O)C/C=C\C/C=C\C/C=C\C/C=C\C/C=C\CC. The van der Waals surface area contributed by atoms with Crippen molar-refractivity contribution in [2.75, 3.05) is 13.2 Å². The smallest absolute Gasteiger partial charge is 0.310 e. The van der Waals surface area contributed by atoms with Gasteiger partial charge in [0.05, 0.1) is 12.8 Å². The third kappa shape index (κ3) is 47.9. The van der Waals surface area contributed by atoms with E-state index in [0.717, 1.165) is 109 Å². The Hall–Kier alpha value is -4.97.